The second kappa shape index (κ2) is 12.3. The average molecular weight is 486 g/mol. The predicted molar refractivity (Wildman–Crippen MR) is 129 cm³/mol. The number of nitrogens with two attached hydrogens (primary N) is 1. The number of halogens is 1. The molecular weight excluding hydrogens is 453 g/mol. The lowest BCUT2D eigenvalue weighted by Gasteiger charge is -2.19. The van der Waals surface area contributed by atoms with Crippen LogP contribution < -0.4 is 21.1 Å². The molecule has 1 aromatic rings. The molecule has 9 nitrogen and oxygen atoms in total. The molecule has 2 heterocycles. The maximum absolute atomic E-state index is 13.3. The van der Waals surface area contributed by atoms with E-state index in [1.54, 1.807) is 17.9 Å². The van der Waals surface area contributed by atoms with Crippen LogP contribution in [0.15, 0.2) is 48.0 Å². The van der Waals surface area contributed by atoms with Gasteiger partial charge in [0.15, 0.2) is 0 Å². The molecule has 2 aliphatic rings. The lowest BCUT2D eigenvalue weighted by molar-refractivity contribution is -0.124. The zero-order valence-corrected chi connectivity index (χ0v) is 20.1. The number of nitrogens with one attached hydrogen (secondary N) is 2. The highest BCUT2D eigenvalue weighted by molar-refractivity contribution is 5.97. The van der Waals surface area contributed by atoms with Crippen LogP contribution in [0.5, 0.6) is 5.75 Å². The van der Waals surface area contributed by atoms with Crippen molar-refractivity contribution >= 4 is 17.7 Å². The fourth-order valence-corrected chi connectivity index (χ4v) is 3.87. The van der Waals surface area contributed by atoms with Gasteiger partial charge in [0.25, 0.3) is 11.8 Å². The normalized spacial score (nSPS) is 17.1. The molecule has 2 unspecified atom stereocenters. The molecule has 3 amide bonds. The molecule has 2 atom stereocenters. The minimum atomic E-state index is -0.490. The highest BCUT2D eigenvalue weighted by Crippen LogP contribution is 2.18. The Morgan fingerprint density at radius 1 is 1.20 bits per heavy atom. The number of amides is 3. The van der Waals surface area contributed by atoms with Crippen molar-refractivity contribution in [3.8, 4) is 5.75 Å². The van der Waals surface area contributed by atoms with Crippen LogP contribution >= 0.6 is 0 Å². The van der Waals surface area contributed by atoms with Crippen molar-refractivity contribution < 1.29 is 23.5 Å². The molecule has 10 heteroatoms. The smallest absolute Gasteiger partial charge is 0.272 e. The van der Waals surface area contributed by atoms with Gasteiger partial charge in [-0.2, -0.15) is 0 Å². The summed E-state index contributed by atoms with van der Waals surface area (Å²) in [4.78, 5) is 43.9. The molecule has 35 heavy (non-hydrogen) atoms. The fraction of sp³-hybridized carbons (Fsp3) is 0.440. The summed E-state index contributed by atoms with van der Waals surface area (Å²) in [5.74, 6) is -1.40. The number of aromatic nitrogens is 1. The average Bonchev–Trinajstić information content (AvgIpc) is 3.32. The highest BCUT2D eigenvalue weighted by Gasteiger charge is 2.23. The second-order valence-corrected chi connectivity index (χ2v) is 8.72. The number of allylic oxidation sites excluding steroid dienone is 5. The number of methoxy groups -OCH3 is 1. The van der Waals surface area contributed by atoms with E-state index in [1.807, 2.05) is 0 Å². The van der Waals surface area contributed by atoms with E-state index in [4.69, 9.17) is 10.5 Å². The summed E-state index contributed by atoms with van der Waals surface area (Å²) in [6.07, 6.45) is 8.44. The summed E-state index contributed by atoms with van der Waals surface area (Å²) in [6.45, 7) is 3.19. The summed E-state index contributed by atoms with van der Waals surface area (Å²) in [5, 5.41) is 5.50. The van der Waals surface area contributed by atoms with Crippen LogP contribution in [0.2, 0.25) is 0 Å². The van der Waals surface area contributed by atoms with Crippen LogP contribution in [0.4, 0.5) is 4.39 Å². The van der Waals surface area contributed by atoms with E-state index in [0.717, 1.165) is 12.8 Å². The van der Waals surface area contributed by atoms with Crippen molar-refractivity contribution in [1.29, 1.82) is 0 Å². The summed E-state index contributed by atoms with van der Waals surface area (Å²) >= 11 is 0. The van der Waals surface area contributed by atoms with Crippen LogP contribution in [-0.4, -0.2) is 60.4 Å². The van der Waals surface area contributed by atoms with Crippen LogP contribution in [0.3, 0.4) is 0 Å². The first kappa shape index (κ1) is 26.1. The van der Waals surface area contributed by atoms with Gasteiger partial charge in [0.05, 0.1) is 7.11 Å². The Hall–Kier alpha value is -3.53. The van der Waals surface area contributed by atoms with Crippen molar-refractivity contribution in [1.82, 2.24) is 20.5 Å². The number of likely N-dealkylation sites (tertiary alicyclic amines) is 1. The topological polar surface area (TPSA) is 127 Å². The Morgan fingerprint density at radius 3 is 2.63 bits per heavy atom. The van der Waals surface area contributed by atoms with Crippen LogP contribution in [0, 0.1) is 5.92 Å². The molecule has 1 aromatic heterocycles. The van der Waals surface area contributed by atoms with Gasteiger partial charge in [-0.25, -0.2) is 9.37 Å². The molecule has 188 valence electrons. The summed E-state index contributed by atoms with van der Waals surface area (Å²) in [5.41, 5.74) is 6.95. The van der Waals surface area contributed by atoms with Gasteiger partial charge in [0.1, 0.15) is 23.0 Å². The first-order valence-corrected chi connectivity index (χ1v) is 11.7. The van der Waals surface area contributed by atoms with Crippen LogP contribution in [-0.2, 0) is 4.79 Å². The maximum atomic E-state index is 13.3. The Kier molecular flexibility index (Phi) is 9.13. The third-order valence-electron chi connectivity index (χ3n) is 5.85. The molecule has 0 aromatic carbocycles. The minimum Gasteiger partial charge on any atom is -0.497 e. The van der Waals surface area contributed by atoms with E-state index in [1.165, 1.54) is 37.5 Å². The van der Waals surface area contributed by atoms with Gasteiger partial charge in [-0.05, 0) is 37.5 Å². The van der Waals surface area contributed by atoms with Crippen LogP contribution in [0.1, 0.15) is 53.6 Å². The number of carbonyl (C=O) groups is 3. The fourth-order valence-electron chi connectivity index (χ4n) is 3.87. The zero-order valence-electron chi connectivity index (χ0n) is 20.1. The van der Waals surface area contributed by atoms with E-state index < -0.39 is 17.9 Å². The van der Waals surface area contributed by atoms with E-state index in [2.05, 4.69) is 15.6 Å². The SMILES string of the molecule is COc1cc(C(=O)NCC(N)CC(C)C(=O)NC2=CC=C(F)C=CC2)nc(C(=O)N2CCCC2)c1. The highest BCUT2D eigenvalue weighted by atomic mass is 19.1. The van der Waals surface area contributed by atoms with Crippen molar-refractivity contribution in [3.05, 3.63) is 59.3 Å². The second-order valence-electron chi connectivity index (χ2n) is 8.72. The Balaban J connectivity index is 1.53. The number of nitrogens with zero attached hydrogens (tertiary/aromatic N) is 2. The van der Waals surface area contributed by atoms with Gasteiger partial charge in [0, 0.05) is 55.8 Å². The standard InChI is InChI=1S/C25H32FN5O4/c1-16(23(32)29-19-7-5-6-17(26)8-9-19)12-18(27)15-28-24(33)21-13-20(35-2)14-22(30-21)25(34)31-10-3-4-11-31/h5-6,8-9,13-14,16,18H,3-4,7,10-12,15,27H2,1-2H3,(H,28,33)(H,29,32). The van der Waals surface area contributed by atoms with E-state index in [0.29, 0.717) is 37.4 Å². The number of carbonyl (C=O) groups excluding carboxylic acids is 3. The van der Waals surface area contributed by atoms with Crippen molar-refractivity contribution in [3.63, 3.8) is 0 Å². The molecule has 1 aliphatic heterocycles. The van der Waals surface area contributed by atoms with Gasteiger partial charge in [0.2, 0.25) is 5.91 Å². The quantitative estimate of drug-likeness (QED) is 0.492. The number of ether oxygens (including phenoxy) is 1. The van der Waals surface area contributed by atoms with E-state index in [9.17, 15) is 18.8 Å². The molecule has 0 saturated carbocycles. The number of rotatable bonds is 9. The molecule has 3 rings (SSSR count). The van der Waals surface area contributed by atoms with Crippen molar-refractivity contribution in [2.45, 2.75) is 38.6 Å². The Bertz CT molecular complexity index is 1050. The largest absolute Gasteiger partial charge is 0.497 e. The maximum Gasteiger partial charge on any atom is 0.272 e. The zero-order chi connectivity index (χ0) is 25.4. The summed E-state index contributed by atoms with van der Waals surface area (Å²) in [7, 11) is 1.46. The van der Waals surface area contributed by atoms with Gasteiger partial charge in [-0.1, -0.05) is 13.0 Å². The Labute approximate surface area is 204 Å². The minimum absolute atomic E-state index is 0.0542. The van der Waals surface area contributed by atoms with Gasteiger partial charge >= 0.3 is 0 Å². The summed E-state index contributed by atoms with van der Waals surface area (Å²) < 4.78 is 18.5. The van der Waals surface area contributed by atoms with Gasteiger partial charge in [-0.3, -0.25) is 14.4 Å². The third-order valence-corrected chi connectivity index (χ3v) is 5.85. The molecule has 0 bridgehead atoms. The lowest BCUT2D eigenvalue weighted by Crippen LogP contribution is -2.41. The number of hydrogen-bond donors (Lipinski definition) is 3. The van der Waals surface area contributed by atoms with Gasteiger partial charge < -0.3 is 26.0 Å². The first-order chi connectivity index (χ1) is 16.8. The molecular formula is C25H32FN5O4. The molecule has 0 spiro atoms. The van der Waals surface area contributed by atoms with E-state index in [-0.39, 0.29) is 35.6 Å². The molecule has 1 saturated heterocycles. The summed E-state index contributed by atoms with van der Waals surface area (Å²) in [6, 6.07) is 2.49. The first-order valence-electron chi connectivity index (χ1n) is 11.7. The predicted octanol–water partition coefficient (Wildman–Crippen LogP) is 2.22. The van der Waals surface area contributed by atoms with Gasteiger partial charge in [-0.15, -0.1) is 0 Å². The molecule has 1 fully saturated rings. The number of pyridine rings is 1. The van der Waals surface area contributed by atoms with E-state index >= 15 is 0 Å². The third kappa shape index (κ3) is 7.48. The molecule has 0 radical (unpaired) electrons. The van der Waals surface area contributed by atoms with Crippen molar-refractivity contribution in [2.75, 3.05) is 26.7 Å². The molecule has 1 aliphatic carbocycles. The van der Waals surface area contributed by atoms with Crippen LogP contribution in [0.25, 0.3) is 0 Å². The number of hydrogen-bond acceptors (Lipinski definition) is 6. The Morgan fingerprint density at radius 2 is 1.91 bits per heavy atom. The molecule has 4 N–H and O–H groups in total. The lowest BCUT2D eigenvalue weighted by atomic mass is 10.0. The van der Waals surface area contributed by atoms with Crippen molar-refractivity contribution in [2.24, 2.45) is 11.7 Å². The monoisotopic (exact) mass is 485 g/mol.